The second-order valence-electron chi connectivity index (χ2n) is 6.04. The van der Waals surface area contributed by atoms with Crippen LogP contribution < -0.4 is 10.1 Å². The van der Waals surface area contributed by atoms with Gasteiger partial charge in [-0.25, -0.2) is 9.48 Å². The van der Waals surface area contributed by atoms with Crippen LogP contribution in [0.2, 0.25) is 0 Å². The van der Waals surface area contributed by atoms with E-state index in [1.807, 2.05) is 6.92 Å². The number of rotatable bonds is 3. The van der Waals surface area contributed by atoms with Crippen molar-refractivity contribution >= 4 is 17.6 Å². The molecule has 1 aliphatic heterocycles. The van der Waals surface area contributed by atoms with Crippen molar-refractivity contribution in [3.05, 3.63) is 5.69 Å². The summed E-state index contributed by atoms with van der Waals surface area (Å²) >= 11 is 0. The fourth-order valence-corrected chi connectivity index (χ4v) is 2.89. The average molecular weight is 323 g/mol. The molecular formula is C15H25N5O3. The first-order valence-corrected chi connectivity index (χ1v) is 7.69. The first-order chi connectivity index (χ1) is 10.8. The summed E-state index contributed by atoms with van der Waals surface area (Å²) in [6.45, 7) is 2.95. The summed E-state index contributed by atoms with van der Waals surface area (Å²) in [5.41, 5.74) is 1.30. The number of aromatic nitrogens is 2. The van der Waals surface area contributed by atoms with Crippen LogP contribution in [0.15, 0.2) is 0 Å². The van der Waals surface area contributed by atoms with E-state index in [0.717, 1.165) is 12.8 Å². The lowest BCUT2D eigenvalue weighted by Gasteiger charge is -2.33. The molecule has 0 radical (unpaired) electrons. The molecule has 1 saturated heterocycles. The monoisotopic (exact) mass is 323 g/mol. The van der Waals surface area contributed by atoms with Crippen LogP contribution in [0.25, 0.3) is 0 Å². The molecule has 3 amide bonds. The highest BCUT2D eigenvalue weighted by atomic mass is 16.5. The maximum Gasteiger partial charge on any atom is 0.319 e. The summed E-state index contributed by atoms with van der Waals surface area (Å²) in [6, 6.07) is -0.0577. The molecule has 1 aromatic rings. The Balaban J connectivity index is 2.08. The molecule has 23 heavy (non-hydrogen) atoms. The Labute approximate surface area is 136 Å². The normalized spacial score (nSPS) is 17.8. The molecule has 8 heteroatoms. The maximum atomic E-state index is 12.6. The molecule has 0 spiro atoms. The number of hydrogen-bond acceptors (Lipinski definition) is 4. The Hall–Kier alpha value is -2.25. The van der Waals surface area contributed by atoms with E-state index >= 15 is 0 Å². The lowest BCUT2D eigenvalue weighted by atomic mass is 9.97. The van der Waals surface area contributed by atoms with Gasteiger partial charge in [-0.05, 0) is 19.8 Å². The number of anilines is 1. The first kappa shape index (κ1) is 17.1. The average Bonchev–Trinajstić information content (AvgIpc) is 2.79. The summed E-state index contributed by atoms with van der Waals surface area (Å²) in [5, 5.41) is 7.16. The maximum absolute atomic E-state index is 12.6. The van der Waals surface area contributed by atoms with Crippen LogP contribution in [0.4, 0.5) is 10.5 Å². The molecule has 1 N–H and O–H groups in total. The zero-order chi connectivity index (χ0) is 17.1. The molecule has 1 fully saturated rings. The molecule has 128 valence electrons. The van der Waals surface area contributed by atoms with Crippen molar-refractivity contribution in [1.82, 2.24) is 19.6 Å². The topological polar surface area (TPSA) is 79.7 Å². The van der Waals surface area contributed by atoms with Gasteiger partial charge in [-0.3, -0.25) is 4.79 Å². The van der Waals surface area contributed by atoms with Gasteiger partial charge in [0.15, 0.2) is 0 Å². The van der Waals surface area contributed by atoms with E-state index in [1.165, 1.54) is 4.90 Å². The molecule has 0 saturated carbocycles. The number of likely N-dealkylation sites (tertiary alicyclic amines) is 1. The van der Waals surface area contributed by atoms with Gasteiger partial charge in [-0.2, -0.15) is 5.10 Å². The van der Waals surface area contributed by atoms with Crippen LogP contribution in [0.3, 0.4) is 0 Å². The Morgan fingerprint density at radius 1 is 1.39 bits per heavy atom. The van der Waals surface area contributed by atoms with E-state index in [4.69, 9.17) is 4.74 Å². The van der Waals surface area contributed by atoms with E-state index in [-0.39, 0.29) is 17.9 Å². The summed E-state index contributed by atoms with van der Waals surface area (Å²) in [7, 11) is 6.75. The van der Waals surface area contributed by atoms with Crippen LogP contribution in [-0.4, -0.2) is 65.8 Å². The lowest BCUT2D eigenvalue weighted by molar-refractivity contribution is -0.121. The fourth-order valence-electron chi connectivity index (χ4n) is 2.89. The molecule has 0 bridgehead atoms. The molecule has 2 heterocycles. The van der Waals surface area contributed by atoms with Crippen molar-refractivity contribution in [3.8, 4) is 5.88 Å². The van der Waals surface area contributed by atoms with Crippen molar-refractivity contribution in [1.29, 1.82) is 0 Å². The van der Waals surface area contributed by atoms with Gasteiger partial charge in [-0.1, -0.05) is 0 Å². The van der Waals surface area contributed by atoms with Gasteiger partial charge in [-0.15, -0.1) is 0 Å². The molecule has 1 aliphatic rings. The number of aryl methyl sites for hydroxylation is 2. The van der Waals surface area contributed by atoms with Crippen molar-refractivity contribution in [3.63, 3.8) is 0 Å². The van der Waals surface area contributed by atoms with Crippen molar-refractivity contribution in [2.45, 2.75) is 19.8 Å². The van der Waals surface area contributed by atoms with E-state index in [2.05, 4.69) is 10.4 Å². The molecular weight excluding hydrogens is 298 g/mol. The minimum Gasteiger partial charge on any atom is -0.480 e. The Morgan fingerprint density at radius 2 is 2.09 bits per heavy atom. The van der Waals surface area contributed by atoms with Crippen LogP contribution in [0.5, 0.6) is 5.88 Å². The smallest absolute Gasteiger partial charge is 0.319 e. The molecule has 1 aromatic heterocycles. The largest absolute Gasteiger partial charge is 0.480 e. The highest BCUT2D eigenvalue weighted by molar-refractivity contribution is 5.94. The summed E-state index contributed by atoms with van der Waals surface area (Å²) in [6.07, 6.45) is 1.59. The lowest BCUT2D eigenvalue weighted by Crippen LogP contribution is -2.47. The summed E-state index contributed by atoms with van der Waals surface area (Å²) in [4.78, 5) is 27.9. The second-order valence-corrected chi connectivity index (χ2v) is 6.04. The Morgan fingerprint density at radius 3 is 2.70 bits per heavy atom. The molecule has 0 aliphatic carbocycles. The van der Waals surface area contributed by atoms with Gasteiger partial charge in [0.1, 0.15) is 5.69 Å². The third-order valence-corrected chi connectivity index (χ3v) is 4.06. The van der Waals surface area contributed by atoms with E-state index in [1.54, 1.807) is 37.8 Å². The number of methoxy groups -OCH3 is 1. The van der Waals surface area contributed by atoms with Gasteiger partial charge in [0.05, 0.1) is 18.7 Å². The Bertz CT molecular complexity index is 596. The van der Waals surface area contributed by atoms with Gasteiger partial charge in [0, 0.05) is 34.2 Å². The highest BCUT2D eigenvalue weighted by Gasteiger charge is 2.30. The van der Waals surface area contributed by atoms with E-state index in [9.17, 15) is 9.59 Å². The zero-order valence-corrected chi connectivity index (χ0v) is 14.4. The number of piperidine rings is 1. The number of urea groups is 1. The van der Waals surface area contributed by atoms with Gasteiger partial charge >= 0.3 is 6.03 Å². The van der Waals surface area contributed by atoms with Gasteiger partial charge in [0.2, 0.25) is 11.8 Å². The number of hydrogen-bond donors (Lipinski definition) is 1. The zero-order valence-electron chi connectivity index (χ0n) is 14.4. The third-order valence-electron chi connectivity index (χ3n) is 4.06. The van der Waals surface area contributed by atoms with Crippen LogP contribution in [0.1, 0.15) is 18.5 Å². The van der Waals surface area contributed by atoms with Crippen LogP contribution in [0, 0.1) is 12.8 Å². The van der Waals surface area contributed by atoms with Crippen molar-refractivity contribution < 1.29 is 14.3 Å². The molecule has 0 aromatic carbocycles. The number of carbonyl (C=O) groups is 2. The summed E-state index contributed by atoms with van der Waals surface area (Å²) in [5.74, 6) is 0.195. The Kier molecular flexibility index (Phi) is 5.12. The second kappa shape index (κ2) is 6.89. The van der Waals surface area contributed by atoms with E-state index < -0.39 is 0 Å². The van der Waals surface area contributed by atoms with Crippen molar-refractivity contribution in [2.24, 2.45) is 13.0 Å². The number of nitrogens with one attached hydrogen (secondary N) is 1. The predicted molar refractivity (Wildman–Crippen MR) is 86.5 cm³/mol. The fraction of sp³-hybridized carbons (Fsp3) is 0.667. The van der Waals surface area contributed by atoms with E-state index in [0.29, 0.717) is 30.4 Å². The highest BCUT2D eigenvalue weighted by Crippen LogP contribution is 2.28. The SMILES string of the molecule is COc1c(NC(=O)C2CCCN(C(=O)N(C)C)C2)c(C)nn1C. The van der Waals surface area contributed by atoms with Gasteiger partial charge in [0.25, 0.3) is 0 Å². The van der Waals surface area contributed by atoms with Crippen molar-refractivity contribution in [2.75, 3.05) is 39.6 Å². The molecule has 1 unspecified atom stereocenters. The molecule has 2 rings (SSSR count). The minimum absolute atomic E-state index is 0.0577. The first-order valence-electron chi connectivity index (χ1n) is 7.69. The number of nitrogens with zero attached hydrogens (tertiary/aromatic N) is 4. The van der Waals surface area contributed by atoms with Crippen LogP contribution >= 0.6 is 0 Å². The third kappa shape index (κ3) is 3.57. The summed E-state index contributed by atoms with van der Waals surface area (Å²) < 4.78 is 6.88. The predicted octanol–water partition coefficient (Wildman–Crippen LogP) is 1.07. The minimum atomic E-state index is -0.225. The van der Waals surface area contributed by atoms with Crippen LogP contribution in [-0.2, 0) is 11.8 Å². The van der Waals surface area contributed by atoms with Gasteiger partial charge < -0.3 is 19.9 Å². The molecule has 1 atom stereocenters. The number of ether oxygens (including phenoxy) is 1. The quantitative estimate of drug-likeness (QED) is 0.902. The standard InChI is InChI=1S/C15H25N5O3/c1-10-12(14(23-5)19(4)17-10)16-13(21)11-7-6-8-20(9-11)15(22)18(2)3/h11H,6-9H2,1-5H3,(H,16,21). The molecule has 8 nitrogen and oxygen atoms in total. The number of carbonyl (C=O) groups excluding carboxylic acids is 2. The number of amides is 3.